The van der Waals surface area contributed by atoms with E-state index in [1.165, 1.54) is 11.0 Å². The molecule has 31 heavy (non-hydrogen) atoms. The van der Waals surface area contributed by atoms with Crippen LogP contribution in [-0.4, -0.2) is 30.9 Å². The van der Waals surface area contributed by atoms with Crippen LogP contribution in [0, 0.1) is 5.92 Å². The number of amides is 2. The van der Waals surface area contributed by atoms with E-state index >= 15 is 0 Å². The Hall–Kier alpha value is -2.59. The van der Waals surface area contributed by atoms with E-state index in [1.54, 1.807) is 24.3 Å². The van der Waals surface area contributed by atoms with Crippen LogP contribution in [0.3, 0.4) is 0 Å². The summed E-state index contributed by atoms with van der Waals surface area (Å²) < 4.78 is 44.5. The van der Waals surface area contributed by atoms with Crippen LogP contribution in [0.5, 0.6) is 0 Å². The molecule has 0 aromatic heterocycles. The molecule has 0 saturated carbocycles. The van der Waals surface area contributed by atoms with Crippen molar-refractivity contribution in [1.82, 2.24) is 0 Å². The first-order valence-corrected chi connectivity index (χ1v) is 10.1. The third-order valence-electron chi connectivity index (χ3n) is 4.50. The summed E-state index contributed by atoms with van der Waals surface area (Å²) in [6, 6.07) is 9.87. The van der Waals surface area contributed by atoms with Crippen molar-refractivity contribution >= 4 is 56.7 Å². The molecule has 1 aliphatic rings. The van der Waals surface area contributed by atoms with Crippen LogP contribution in [0.25, 0.3) is 0 Å². The summed E-state index contributed by atoms with van der Waals surface area (Å²) in [7, 11) is 0. The number of anilines is 2. The van der Waals surface area contributed by atoms with E-state index in [0.717, 1.165) is 10.5 Å². The Morgan fingerprint density at radius 2 is 1.87 bits per heavy atom. The second-order valence-electron chi connectivity index (χ2n) is 6.73. The highest BCUT2D eigenvalue weighted by Gasteiger charge is 2.36. The van der Waals surface area contributed by atoms with Gasteiger partial charge in [-0.15, -0.1) is 0 Å². The van der Waals surface area contributed by atoms with Gasteiger partial charge in [0.1, 0.15) is 0 Å². The first-order valence-electron chi connectivity index (χ1n) is 8.94. The minimum absolute atomic E-state index is 0.0668. The molecular formula is C20H15BrClF3N2O4. The molecular weight excluding hydrogens is 505 g/mol. The van der Waals surface area contributed by atoms with Crippen molar-refractivity contribution in [3.05, 3.63) is 57.5 Å². The number of nitrogens with one attached hydrogen (secondary N) is 1. The smallest absolute Gasteiger partial charge is 0.417 e. The van der Waals surface area contributed by atoms with E-state index in [2.05, 4.69) is 21.2 Å². The molecule has 1 aliphatic heterocycles. The molecule has 2 aromatic carbocycles. The van der Waals surface area contributed by atoms with E-state index in [4.69, 9.17) is 16.3 Å². The van der Waals surface area contributed by atoms with Crippen molar-refractivity contribution in [2.24, 2.45) is 5.92 Å². The number of ether oxygens (including phenoxy) is 1. The van der Waals surface area contributed by atoms with Crippen LogP contribution < -0.4 is 10.2 Å². The molecule has 1 heterocycles. The van der Waals surface area contributed by atoms with Gasteiger partial charge in [-0.3, -0.25) is 14.4 Å². The largest absolute Gasteiger partial charge is 0.455 e. The maximum Gasteiger partial charge on any atom is 0.417 e. The standard InChI is InChI=1S/C20H15BrClF3N2O4/c21-12-1-4-14(5-2-12)27-9-11(7-18(27)29)19(30)31-10-17(28)26-13-3-6-16(22)15(8-13)20(23,24)25/h1-6,8,11H,7,9-10H2,(H,26,28)/t11-/m0/s1. The molecule has 1 atom stereocenters. The van der Waals surface area contributed by atoms with Crippen molar-refractivity contribution in [3.8, 4) is 0 Å². The van der Waals surface area contributed by atoms with Crippen molar-refractivity contribution in [2.75, 3.05) is 23.4 Å². The Morgan fingerprint density at radius 3 is 2.52 bits per heavy atom. The SMILES string of the molecule is O=C(COC(=O)[C@H]1CC(=O)N(c2ccc(Br)cc2)C1)Nc1ccc(Cl)c(C(F)(F)F)c1. The molecule has 1 N–H and O–H groups in total. The van der Waals surface area contributed by atoms with Crippen LogP contribution in [0.15, 0.2) is 46.9 Å². The minimum Gasteiger partial charge on any atom is -0.455 e. The molecule has 0 bridgehead atoms. The zero-order valence-electron chi connectivity index (χ0n) is 15.7. The number of alkyl halides is 3. The average molecular weight is 520 g/mol. The lowest BCUT2D eigenvalue weighted by atomic mass is 10.1. The van der Waals surface area contributed by atoms with Crippen LogP contribution in [0.1, 0.15) is 12.0 Å². The number of nitrogens with zero attached hydrogens (tertiary/aromatic N) is 1. The summed E-state index contributed by atoms with van der Waals surface area (Å²) in [6.45, 7) is -0.598. The van der Waals surface area contributed by atoms with Crippen LogP contribution in [0.4, 0.5) is 24.5 Å². The van der Waals surface area contributed by atoms with Gasteiger partial charge >= 0.3 is 12.1 Å². The summed E-state index contributed by atoms with van der Waals surface area (Å²) in [5.74, 6) is -2.57. The van der Waals surface area contributed by atoms with Gasteiger partial charge in [-0.25, -0.2) is 0 Å². The third-order valence-corrected chi connectivity index (χ3v) is 5.36. The molecule has 164 valence electrons. The van der Waals surface area contributed by atoms with E-state index in [0.29, 0.717) is 11.8 Å². The lowest BCUT2D eigenvalue weighted by Gasteiger charge is -2.16. The molecule has 11 heteroatoms. The molecule has 1 fully saturated rings. The first kappa shape index (κ1) is 23.1. The number of carbonyl (C=O) groups is 3. The van der Waals surface area contributed by atoms with Gasteiger partial charge < -0.3 is 15.0 Å². The molecule has 0 aliphatic carbocycles. The molecule has 1 saturated heterocycles. The monoisotopic (exact) mass is 518 g/mol. The Bertz CT molecular complexity index is 1010. The maximum atomic E-state index is 12.9. The zero-order valence-corrected chi connectivity index (χ0v) is 18.1. The molecule has 3 rings (SSSR count). The number of carbonyl (C=O) groups excluding carboxylic acids is 3. The van der Waals surface area contributed by atoms with Crippen LogP contribution in [-0.2, 0) is 25.3 Å². The third kappa shape index (κ3) is 5.76. The summed E-state index contributed by atoms with van der Waals surface area (Å²) >= 11 is 8.83. The second-order valence-corrected chi connectivity index (χ2v) is 8.05. The number of benzene rings is 2. The van der Waals surface area contributed by atoms with Gasteiger partial charge in [-0.2, -0.15) is 13.2 Å². The van der Waals surface area contributed by atoms with Crippen molar-refractivity contribution in [1.29, 1.82) is 0 Å². The van der Waals surface area contributed by atoms with Crippen molar-refractivity contribution in [3.63, 3.8) is 0 Å². The van der Waals surface area contributed by atoms with Gasteiger partial charge in [-0.05, 0) is 42.5 Å². The second kappa shape index (κ2) is 9.27. The Labute approximate surface area is 188 Å². The molecule has 0 radical (unpaired) electrons. The van der Waals surface area contributed by atoms with Crippen molar-refractivity contribution < 1.29 is 32.3 Å². The molecule has 0 unspecified atom stereocenters. The molecule has 2 aromatic rings. The molecule has 2 amide bonds. The van der Waals surface area contributed by atoms with E-state index < -0.39 is 41.2 Å². The lowest BCUT2D eigenvalue weighted by Crippen LogP contribution is -2.28. The number of esters is 1. The van der Waals surface area contributed by atoms with Gasteiger partial charge in [-0.1, -0.05) is 27.5 Å². The highest BCUT2D eigenvalue weighted by molar-refractivity contribution is 9.10. The fraction of sp³-hybridized carbons (Fsp3) is 0.250. The number of rotatable bonds is 5. The normalized spacial score (nSPS) is 16.4. The Morgan fingerprint density at radius 1 is 1.19 bits per heavy atom. The predicted octanol–water partition coefficient (Wildman–Crippen LogP) is 4.66. The van der Waals surface area contributed by atoms with Crippen LogP contribution >= 0.6 is 27.5 Å². The van der Waals surface area contributed by atoms with E-state index in [9.17, 15) is 27.6 Å². The van der Waals surface area contributed by atoms with E-state index in [-0.39, 0.29) is 24.6 Å². The highest BCUT2D eigenvalue weighted by atomic mass is 79.9. The lowest BCUT2D eigenvalue weighted by molar-refractivity contribution is -0.151. The minimum atomic E-state index is -4.68. The molecule has 0 spiro atoms. The van der Waals surface area contributed by atoms with Gasteiger partial charge in [0.15, 0.2) is 6.61 Å². The van der Waals surface area contributed by atoms with E-state index in [1.807, 2.05) is 0 Å². The Balaban J connectivity index is 1.54. The van der Waals surface area contributed by atoms with Crippen LogP contribution in [0.2, 0.25) is 5.02 Å². The number of hydrogen-bond acceptors (Lipinski definition) is 4. The van der Waals surface area contributed by atoms with Gasteiger partial charge in [0.25, 0.3) is 5.91 Å². The average Bonchev–Trinajstić information content (AvgIpc) is 3.09. The fourth-order valence-electron chi connectivity index (χ4n) is 3.01. The topological polar surface area (TPSA) is 75.7 Å². The summed E-state index contributed by atoms with van der Waals surface area (Å²) in [4.78, 5) is 37.9. The Kier molecular flexibility index (Phi) is 6.90. The highest BCUT2D eigenvalue weighted by Crippen LogP contribution is 2.36. The first-order chi connectivity index (χ1) is 14.5. The molecule has 6 nitrogen and oxygen atoms in total. The van der Waals surface area contributed by atoms with Gasteiger partial charge in [0, 0.05) is 28.8 Å². The fourth-order valence-corrected chi connectivity index (χ4v) is 3.50. The zero-order chi connectivity index (χ0) is 22.8. The maximum absolute atomic E-state index is 12.9. The summed E-state index contributed by atoms with van der Waals surface area (Å²) in [6.07, 6.45) is -4.75. The summed E-state index contributed by atoms with van der Waals surface area (Å²) in [5.41, 5.74) is -0.610. The number of halogens is 5. The predicted molar refractivity (Wildman–Crippen MR) is 111 cm³/mol. The number of hydrogen-bond donors (Lipinski definition) is 1. The van der Waals surface area contributed by atoms with Crippen molar-refractivity contribution in [2.45, 2.75) is 12.6 Å². The quantitative estimate of drug-likeness (QED) is 0.583. The summed E-state index contributed by atoms with van der Waals surface area (Å²) in [5, 5.41) is 1.72. The van der Waals surface area contributed by atoms with Gasteiger partial charge in [0.2, 0.25) is 5.91 Å². The van der Waals surface area contributed by atoms with Gasteiger partial charge in [0.05, 0.1) is 16.5 Å².